The van der Waals surface area contributed by atoms with E-state index in [2.05, 4.69) is 20.6 Å². The Morgan fingerprint density at radius 1 is 0.694 bits per heavy atom. The second kappa shape index (κ2) is 11.7. The van der Waals surface area contributed by atoms with Crippen molar-refractivity contribution in [1.82, 2.24) is 20.6 Å². The second-order valence-corrected chi connectivity index (χ2v) is 8.31. The zero-order valence-corrected chi connectivity index (χ0v) is 19.9. The predicted molar refractivity (Wildman–Crippen MR) is 134 cm³/mol. The first-order valence-electron chi connectivity index (χ1n) is 11.3. The van der Waals surface area contributed by atoms with Gasteiger partial charge in [-0.2, -0.15) is 0 Å². The summed E-state index contributed by atoms with van der Waals surface area (Å²) in [5.74, 6) is -2.75. The number of amides is 2. The number of carbonyl (C=O) groups is 4. The lowest BCUT2D eigenvalue weighted by atomic mass is 10.1. The third-order valence-corrected chi connectivity index (χ3v) is 5.55. The smallest absolute Gasteiger partial charge is 0.326 e. The van der Waals surface area contributed by atoms with Crippen LogP contribution in [0.3, 0.4) is 0 Å². The van der Waals surface area contributed by atoms with Gasteiger partial charge in [0.25, 0.3) is 0 Å². The Morgan fingerprint density at radius 2 is 1.06 bits per heavy atom. The van der Waals surface area contributed by atoms with Crippen LogP contribution in [0.5, 0.6) is 0 Å². The monoisotopic (exact) mass is 492 g/mol. The third-order valence-electron chi connectivity index (χ3n) is 5.55. The van der Waals surface area contributed by atoms with E-state index in [1.165, 1.54) is 13.8 Å². The van der Waals surface area contributed by atoms with E-state index in [0.717, 1.165) is 32.9 Å². The highest BCUT2D eigenvalue weighted by Gasteiger charge is 2.21. The molecule has 4 aromatic rings. The summed E-state index contributed by atoms with van der Waals surface area (Å²) < 4.78 is 0. The molecule has 2 aromatic heterocycles. The molecule has 10 nitrogen and oxygen atoms in total. The molecule has 2 amide bonds. The lowest BCUT2D eigenvalue weighted by molar-refractivity contribution is -0.141. The number of rotatable bonds is 8. The molecule has 6 N–H and O–H groups in total. The molecule has 0 spiro atoms. The van der Waals surface area contributed by atoms with Crippen molar-refractivity contribution in [1.29, 1.82) is 0 Å². The Hall–Kier alpha value is -4.60. The number of carboxylic acids is 2. The number of aromatic nitrogens is 2. The first-order chi connectivity index (χ1) is 17.2. The number of hydrogen-bond donors (Lipinski definition) is 6. The van der Waals surface area contributed by atoms with Crippen molar-refractivity contribution in [3.05, 3.63) is 72.1 Å². The SMILES string of the molecule is CC(=O)N[C@H](Cc1c[nH]c2ccccc12)C(=O)O.CC(=O)N[C@H](Cc1c[nH]c2ccccc12)C(=O)O. The normalized spacial score (nSPS) is 12.3. The van der Waals surface area contributed by atoms with Crippen LogP contribution in [0.15, 0.2) is 60.9 Å². The van der Waals surface area contributed by atoms with E-state index in [1.54, 1.807) is 12.4 Å². The summed E-state index contributed by atoms with van der Waals surface area (Å²) in [6.07, 6.45) is 4.09. The molecule has 2 atom stereocenters. The van der Waals surface area contributed by atoms with E-state index in [1.807, 2.05) is 48.5 Å². The van der Waals surface area contributed by atoms with Crippen molar-refractivity contribution in [2.24, 2.45) is 0 Å². The fraction of sp³-hybridized carbons (Fsp3) is 0.231. The first-order valence-corrected chi connectivity index (χ1v) is 11.3. The highest BCUT2D eigenvalue weighted by atomic mass is 16.4. The maximum Gasteiger partial charge on any atom is 0.326 e. The van der Waals surface area contributed by atoms with Crippen molar-refractivity contribution in [3.63, 3.8) is 0 Å². The molecule has 2 heterocycles. The lowest BCUT2D eigenvalue weighted by Crippen LogP contribution is -2.41. The van der Waals surface area contributed by atoms with Crippen LogP contribution in [0.25, 0.3) is 21.8 Å². The van der Waals surface area contributed by atoms with Crippen LogP contribution in [0.4, 0.5) is 0 Å². The van der Waals surface area contributed by atoms with Crippen molar-refractivity contribution in [2.45, 2.75) is 38.8 Å². The Morgan fingerprint density at radius 3 is 1.39 bits per heavy atom. The van der Waals surface area contributed by atoms with Crippen molar-refractivity contribution in [2.75, 3.05) is 0 Å². The van der Waals surface area contributed by atoms with Gasteiger partial charge in [0.2, 0.25) is 11.8 Å². The maximum absolute atomic E-state index is 11.1. The largest absolute Gasteiger partial charge is 0.480 e. The van der Waals surface area contributed by atoms with Gasteiger partial charge in [-0.15, -0.1) is 0 Å². The molecule has 10 heteroatoms. The molecule has 188 valence electrons. The number of benzene rings is 2. The zero-order chi connectivity index (χ0) is 26.2. The Labute approximate surface area is 206 Å². The van der Waals surface area contributed by atoms with E-state index >= 15 is 0 Å². The minimum atomic E-state index is -1.03. The van der Waals surface area contributed by atoms with E-state index in [4.69, 9.17) is 10.2 Å². The van der Waals surface area contributed by atoms with Gasteiger partial charge in [-0.3, -0.25) is 9.59 Å². The topological polar surface area (TPSA) is 164 Å². The summed E-state index contributed by atoms with van der Waals surface area (Å²) in [5, 5.41) is 25.0. The molecule has 0 aliphatic carbocycles. The number of fused-ring (bicyclic) bond motifs is 2. The molecule has 2 aromatic carbocycles. The number of hydrogen-bond acceptors (Lipinski definition) is 4. The summed E-state index contributed by atoms with van der Waals surface area (Å²) in [6.45, 7) is 2.62. The van der Waals surface area contributed by atoms with Gasteiger partial charge in [0.05, 0.1) is 0 Å². The molecule has 0 radical (unpaired) electrons. The van der Waals surface area contributed by atoms with Gasteiger partial charge in [0.1, 0.15) is 12.1 Å². The quantitative estimate of drug-likeness (QED) is 0.221. The van der Waals surface area contributed by atoms with Crippen LogP contribution >= 0.6 is 0 Å². The predicted octanol–water partition coefficient (Wildman–Crippen LogP) is 2.60. The fourth-order valence-electron chi connectivity index (χ4n) is 3.93. The maximum atomic E-state index is 11.1. The average molecular weight is 493 g/mol. The first kappa shape index (κ1) is 26.0. The second-order valence-electron chi connectivity index (χ2n) is 8.31. The number of para-hydroxylation sites is 2. The fourth-order valence-corrected chi connectivity index (χ4v) is 3.93. The summed E-state index contributed by atoms with van der Waals surface area (Å²) in [4.78, 5) is 50.2. The standard InChI is InChI=1S/2C13H14N2O3/c2*1-8(16)15-12(13(17)18)6-9-7-14-11-5-3-2-4-10(9)11/h2*2-5,7,12,14H,6H2,1H3,(H,15,16)(H,17,18)/t2*12-/m11/s1. The van der Waals surface area contributed by atoms with Crippen molar-refractivity contribution < 1.29 is 29.4 Å². The molecule has 4 rings (SSSR count). The van der Waals surface area contributed by atoms with Gasteiger partial charge in [0.15, 0.2) is 0 Å². The third kappa shape index (κ3) is 6.72. The van der Waals surface area contributed by atoms with E-state index in [0.29, 0.717) is 0 Å². The van der Waals surface area contributed by atoms with Crippen LogP contribution in [0, 0.1) is 0 Å². The highest BCUT2D eigenvalue weighted by Crippen LogP contribution is 2.20. The van der Waals surface area contributed by atoms with Crippen LogP contribution < -0.4 is 10.6 Å². The minimum Gasteiger partial charge on any atom is -0.480 e. The van der Waals surface area contributed by atoms with Crippen LogP contribution in [0.2, 0.25) is 0 Å². The van der Waals surface area contributed by atoms with Gasteiger partial charge in [-0.05, 0) is 23.3 Å². The number of nitrogens with one attached hydrogen (secondary N) is 4. The Kier molecular flexibility index (Phi) is 8.45. The van der Waals surface area contributed by atoms with Gasteiger partial charge in [-0.1, -0.05) is 36.4 Å². The summed E-state index contributed by atoms with van der Waals surface area (Å²) in [7, 11) is 0. The molecule has 36 heavy (non-hydrogen) atoms. The van der Waals surface area contributed by atoms with Crippen LogP contribution in [0.1, 0.15) is 25.0 Å². The number of aromatic amines is 2. The molecule has 0 saturated heterocycles. The Bertz CT molecular complexity index is 1280. The van der Waals surface area contributed by atoms with E-state index in [-0.39, 0.29) is 24.7 Å². The van der Waals surface area contributed by atoms with Crippen LogP contribution in [-0.4, -0.2) is 56.0 Å². The summed E-state index contributed by atoms with van der Waals surface area (Å²) in [6, 6.07) is 13.5. The molecular weight excluding hydrogens is 464 g/mol. The van der Waals surface area contributed by atoms with Crippen molar-refractivity contribution >= 4 is 45.6 Å². The lowest BCUT2D eigenvalue weighted by Gasteiger charge is -2.12. The molecule has 0 bridgehead atoms. The van der Waals surface area contributed by atoms with Gasteiger partial charge < -0.3 is 30.8 Å². The van der Waals surface area contributed by atoms with Gasteiger partial charge in [-0.25, -0.2) is 9.59 Å². The van der Waals surface area contributed by atoms with Gasteiger partial charge >= 0.3 is 11.9 Å². The number of carbonyl (C=O) groups excluding carboxylic acids is 2. The minimum absolute atomic E-state index is 0.263. The summed E-state index contributed by atoms with van der Waals surface area (Å²) in [5.41, 5.74) is 3.68. The molecular formula is C26H28N4O6. The van der Waals surface area contributed by atoms with E-state index < -0.39 is 24.0 Å². The zero-order valence-electron chi connectivity index (χ0n) is 19.9. The number of H-pyrrole nitrogens is 2. The molecule has 0 fully saturated rings. The number of carboxylic acid groups (broad SMARTS) is 2. The molecule has 0 aliphatic heterocycles. The summed E-state index contributed by atoms with van der Waals surface area (Å²) >= 11 is 0. The van der Waals surface area contributed by atoms with Crippen LogP contribution in [-0.2, 0) is 32.0 Å². The van der Waals surface area contributed by atoms with Crippen molar-refractivity contribution in [3.8, 4) is 0 Å². The number of aliphatic carboxylic acids is 2. The van der Waals surface area contributed by atoms with Gasteiger partial charge in [0, 0.05) is 60.9 Å². The highest BCUT2D eigenvalue weighted by molar-refractivity contribution is 5.87. The molecule has 0 unspecified atom stereocenters. The molecule has 0 saturated carbocycles. The average Bonchev–Trinajstić information content (AvgIpc) is 3.42. The molecule has 0 aliphatic rings. The Balaban J connectivity index is 0.000000201. The van der Waals surface area contributed by atoms with E-state index in [9.17, 15) is 19.2 Å².